The molecule has 0 unspecified atom stereocenters. The van der Waals surface area contributed by atoms with Crippen molar-refractivity contribution in [3.05, 3.63) is 101 Å². The Hall–Kier alpha value is -4.03. The number of esters is 1. The summed E-state index contributed by atoms with van der Waals surface area (Å²) in [4.78, 5) is 11.6. The largest absolute Gasteiger partial charge is 0.497 e. The van der Waals surface area contributed by atoms with Crippen LogP contribution < -0.4 is 9.47 Å². The number of carbonyl (C=O) groups is 1. The first-order valence-corrected chi connectivity index (χ1v) is 13.9. The Morgan fingerprint density at radius 1 is 0.950 bits per heavy atom. The zero-order valence-electron chi connectivity index (χ0n) is 22.8. The molecule has 4 aromatic rings. The van der Waals surface area contributed by atoms with Crippen LogP contribution in [0.15, 0.2) is 78.9 Å². The van der Waals surface area contributed by atoms with E-state index in [4.69, 9.17) is 30.9 Å². The van der Waals surface area contributed by atoms with Crippen LogP contribution in [0.1, 0.15) is 55.0 Å². The van der Waals surface area contributed by atoms with Crippen LogP contribution in [0.4, 0.5) is 0 Å². The minimum Gasteiger partial charge on any atom is -0.497 e. The Bertz CT molecular complexity index is 1470. The van der Waals surface area contributed by atoms with E-state index in [1.165, 1.54) is 38.1 Å². The number of benzene rings is 3. The highest BCUT2D eigenvalue weighted by molar-refractivity contribution is 6.30. The summed E-state index contributed by atoms with van der Waals surface area (Å²) < 4.78 is 18.4. The smallest absolute Gasteiger partial charge is 0.330 e. The van der Waals surface area contributed by atoms with E-state index in [-0.39, 0.29) is 0 Å². The fourth-order valence-electron chi connectivity index (χ4n) is 5.19. The van der Waals surface area contributed by atoms with Crippen molar-refractivity contribution in [2.75, 3.05) is 14.2 Å². The van der Waals surface area contributed by atoms with Crippen LogP contribution in [0.3, 0.4) is 0 Å². The molecule has 0 atom stereocenters. The van der Waals surface area contributed by atoms with Crippen molar-refractivity contribution >= 4 is 23.6 Å². The number of rotatable bonds is 9. The Morgan fingerprint density at radius 3 is 2.38 bits per heavy atom. The Labute approximate surface area is 240 Å². The summed E-state index contributed by atoms with van der Waals surface area (Å²) >= 11 is 6.10. The van der Waals surface area contributed by atoms with Gasteiger partial charge in [0.15, 0.2) is 0 Å². The van der Waals surface area contributed by atoms with Crippen molar-refractivity contribution in [3.8, 4) is 28.3 Å². The predicted octanol–water partition coefficient (Wildman–Crippen LogP) is 8.01. The molecule has 3 aromatic carbocycles. The standard InChI is InChI=1S/C33H33ClN2O4/c1-38-30-17-18-31(23-8-10-26(34)11-9-23)25(20-30)22-40-29-15-13-28(14-16-29)36-32(24-6-4-3-5-7-24)21-27(35-36)12-19-33(37)39-2/h8-21,24H,3-7,22H2,1-2H3/b19-12+. The summed E-state index contributed by atoms with van der Waals surface area (Å²) in [7, 11) is 3.03. The molecular weight excluding hydrogens is 524 g/mol. The molecule has 1 aromatic heterocycles. The van der Waals surface area contributed by atoms with Crippen molar-refractivity contribution in [1.82, 2.24) is 9.78 Å². The summed E-state index contributed by atoms with van der Waals surface area (Å²) in [5, 5.41) is 5.51. The molecular formula is C33H33ClN2O4. The zero-order valence-corrected chi connectivity index (χ0v) is 23.6. The van der Waals surface area contributed by atoms with E-state index in [9.17, 15) is 4.79 Å². The lowest BCUT2D eigenvalue weighted by Crippen LogP contribution is -2.11. The molecule has 0 radical (unpaired) electrons. The second kappa shape index (κ2) is 12.9. The lowest BCUT2D eigenvalue weighted by molar-refractivity contribution is -0.134. The molecule has 1 aliphatic rings. The average Bonchev–Trinajstić information content (AvgIpc) is 3.44. The average molecular weight is 557 g/mol. The number of halogens is 1. The molecule has 1 heterocycles. The van der Waals surface area contributed by atoms with Gasteiger partial charge in [-0.25, -0.2) is 9.48 Å². The van der Waals surface area contributed by atoms with E-state index >= 15 is 0 Å². The van der Waals surface area contributed by atoms with Gasteiger partial charge in [0.25, 0.3) is 0 Å². The predicted molar refractivity (Wildman–Crippen MR) is 158 cm³/mol. The molecule has 0 spiro atoms. The molecule has 0 aliphatic heterocycles. The van der Waals surface area contributed by atoms with E-state index in [0.29, 0.717) is 17.5 Å². The molecule has 0 saturated heterocycles. The lowest BCUT2D eigenvalue weighted by atomic mass is 9.86. The van der Waals surface area contributed by atoms with Gasteiger partial charge in [-0.05, 0) is 84.6 Å². The van der Waals surface area contributed by atoms with Crippen molar-refractivity contribution in [2.45, 2.75) is 44.6 Å². The summed E-state index contributed by atoms with van der Waals surface area (Å²) in [6.07, 6.45) is 9.12. The number of hydrogen-bond acceptors (Lipinski definition) is 5. The SMILES string of the molecule is COC(=O)/C=C/c1cc(C2CCCCC2)n(-c2ccc(OCc3cc(OC)ccc3-c3ccc(Cl)cc3)cc2)n1. The normalized spacial score (nSPS) is 13.9. The van der Waals surface area contributed by atoms with Crippen LogP contribution in [0.2, 0.25) is 5.02 Å². The van der Waals surface area contributed by atoms with E-state index < -0.39 is 5.97 Å². The molecule has 6 nitrogen and oxygen atoms in total. The molecule has 5 rings (SSSR count). The number of carbonyl (C=O) groups excluding carboxylic acids is 1. The van der Waals surface area contributed by atoms with Gasteiger partial charge in [-0.15, -0.1) is 0 Å². The van der Waals surface area contributed by atoms with Gasteiger partial charge in [0.05, 0.1) is 25.6 Å². The number of methoxy groups -OCH3 is 2. The fraction of sp³-hybridized carbons (Fsp3) is 0.273. The van der Waals surface area contributed by atoms with Gasteiger partial charge >= 0.3 is 5.97 Å². The molecule has 1 fully saturated rings. The van der Waals surface area contributed by atoms with E-state index in [2.05, 4.69) is 6.07 Å². The Morgan fingerprint density at radius 2 is 1.68 bits per heavy atom. The number of ether oxygens (including phenoxy) is 3. The topological polar surface area (TPSA) is 62.6 Å². The van der Waals surface area contributed by atoms with Crippen LogP contribution in [0, 0.1) is 0 Å². The van der Waals surface area contributed by atoms with Crippen LogP contribution in [-0.4, -0.2) is 30.0 Å². The summed E-state index contributed by atoms with van der Waals surface area (Å²) in [6.45, 7) is 0.381. The Kier molecular flexibility index (Phi) is 8.87. The fourth-order valence-corrected chi connectivity index (χ4v) is 5.31. The van der Waals surface area contributed by atoms with Gasteiger partial charge in [0, 0.05) is 28.3 Å². The maximum atomic E-state index is 11.6. The van der Waals surface area contributed by atoms with Crippen molar-refractivity contribution in [3.63, 3.8) is 0 Å². The molecule has 1 saturated carbocycles. The summed E-state index contributed by atoms with van der Waals surface area (Å²) in [6, 6.07) is 23.8. The Balaban J connectivity index is 1.37. The zero-order chi connectivity index (χ0) is 27.9. The first-order chi connectivity index (χ1) is 19.5. The monoisotopic (exact) mass is 556 g/mol. The van der Waals surface area contributed by atoms with E-state index in [1.54, 1.807) is 13.2 Å². The van der Waals surface area contributed by atoms with Crippen LogP contribution in [-0.2, 0) is 16.1 Å². The molecule has 0 N–H and O–H groups in total. The van der Waals surface area contributed by atoms with Crippen molar-refractivity contribution < 1.29 is 19.0 Å². The third kappa shape index (κ3) is 6.57. The number of aromatic nitrogens is 2. The minimum atomic E-state index is -0.398. The van der Waals surface area contributed by atoms with Crippen LogP contribution >= 0.6 is 11.6 Å². The van der Waals surface area contributed by atoms with Gasteiger partial charge in [0.2, 0.25) is 0 Å². The molecule has 1 aliphatic carbocycles. The van der Waals surface area contributed by atoms with Gasteiger partial charge in [-0.3, -0.25) is 0 Å². The highest BCUT2D eigenvalue weighted by Gasteiger charge is 2.21. The van der Waals surface area contributed by atoms with Gasteiger partial charge < -0.3 is 14.2 Å². The van der Waals surface area contributed by atoms with Crippen LogP contribution in [0.25, 0.3) is 22.9 Å². The number of nitrogens with zero attached hydrogens (tertiary/aromatic N) is 2. The van der Waals surface area contributed by atoms with Crippen LogP contribution in [0.5, 0.6) is 11.5 Å². The molecule has 7 heteroatoms. The minimum absolute atomic E-state index is 0.381. The van der Waals surface area contributed by atoms with Gasteiger partial charge in [-0.2, -0.15) is 5.10 Å². The lowest BCUT2D eigenvalue weighted by Gasteiger charge is -2.22. The first kappa shape index (κ1) is 27.5. The first-order valence-electron chi connectivity index (χ1n) is 13.6. The molecule has 40 heavy (non-hydrogen) atoms. The third-order valence-corrected chi connectivity index (χ3v) is 7.57. The summed E-state index contributed by atoms with van der Waals surface area (Å²) in [5.41, 5.74) is 6.00. The maximum absolute atomic E-state index is 11.6. The van der Waals surface area contributed by atoms with Crippen molar-refractivity contribution in [2.24, 2.45) is 0 Å². The highest BCUT2D eigenvalue weighted by atomic mass is 35.5. The highest BCUT2D eigenvalue weighted by Crippen LogP contribution is 2.35. The second-order valence-electron chi connectivity index (χ2n) is 9.91. The number of hydrogen-bond donors (Lipinski definition) is 0. The molecule has 0 bridgehead atoms. The van der Waals surface area contributed by atoms with E-state index in [0.717, 1.165) is 52.4 Å². The quantitative estimate of drug-likeness (QED) is 0.154. The van der Waals surface area contributed by atoms with Crippen molar-refractivity contribution in [1.29, 1.82) is 0 Å². The second-order valence-corrected chi connectivity index (χ2v) is 10.3. The third-order valence-electron chi connectivity index (χ3n) is 7.31. The van der Waals surface area contributed by atoms with E-state index in [1.807, 2.05) is 71.4 Å². The summed E-state index contributed by atoms with van der Waals surface area (Å²) in [5.74, 6) is 1.57. The van der Waals surface area contributed by atoms with Gasteiger partial charge in [0.1, 0.15) is 18.1 Å². The maximum Gasteiger partial charge on any atom is 0.330 e. The molecule has 0 amide bonds. The molecule has 206 valence electrons. The van der Waals surface area contributed by atoms with Gasteiger partial charge in [-0.1, -0.05) is 49.1 Å².